The molecule has 2 N–H and O–H groups in total. The second-order valence-corrected chi connectivity index (χ2v) is 5.36. The summed E-state index contributed by atoms with van der Waals surface area (Å²) in [7, 11) is -3.02. The molecule has 0 spiro atoms. The van der Waals surface area contributed by atoms with E-state index in [-0.39, 0.29) is 30.4 Å². The maximum Gasteiger partial charge on any atom is 0.147 e. The van der Waals surface area contributed by atoms with Gasteiger partial charge in [-0.05, 0) is 6.92 Å². The molecule has 12 heavy (non-hydrogen) atoms. The van der Waals surface area contributed by atoms with E-state index in [0.717, 1.165) is 6.26 Å². The van der Waals surface area contributed by atoms with Gasteiger partial charge in [-0.15, -0.1) is 0 Å². The number of nitrogens with two attached hydrogens (primary N) is 1. The van der Waals surface area contributed by atoms with Gasteiger partial charge in [-0.3, -0.25) is 4.79 Å². The van der Waals surface area contributed by atoms with E-state index in [2.05, 4.69) is 0 Å². The number of carbonyl (C=O) groups is 1. The Morgan fingerprint density at radius 2 is 2.00 bits per heavy atom. The summed E-state index contributed by atoms with van der Waals surface area (Å²) in [5.41, 5.74) is 5.36. The van der Waals surface area contributed by atoms with E-state index < -0.39 is 9.84 Å². The molecule has 4 nitrogen and oxygen atoms in total. The van der Waals surface area contributed by atoms with Gasteiger partial charge in [-0.2, -0.15) is 0 Å². The highest BCUT2D eigenvalue weighted by Gasteiger charge is 2.09. The van der Waals surface area contributed by atoms with Crippen molar-refractivity contribution in [1.82, 2.24) is 0 Å². The zero-order valence-corrected chi connectivity index (χ0v) is 8.23. The van der Waals surface area contributed by atoms with Gasteiger partial charge in [-0.1, -0.05) is 0 Å². The predicted molar refractivity (Wildman–Crippen MR) is 47.6 cm³/mol. The van der Waals surface area contributed by atoms with Gasteiger partial charge in [0, 0.05) is 25.1 Å². The quantitative estimate of drug-likeness (QED) is 0.652. The molecule has 0 heterocycles. The van der Waals surface area contributed by atoms with Crippen molar-refractivity contribution in [2.45, 2.75) is 25.8 Å². The summed E-state index contributed by atoms with van der Waals surface area (Å²) < 4.78 is 21.3. The van der Waals surface area contributed by atoms with Crippen molar-refractivity contribution in [3.05, 3.63) is 0 Å². The van der Waals surface area contributed by atoms with Gasteiger partial charge in [0.1, 0.15) is 15.6 Å². The van der Waals surface area contributed by atoms with Crippen LogP contribution in [0.25, 0.3) is 0 Å². The Balaban J connectivity index is 3.73. The molecule has 0 rings (SSSR count). The molecule has 0 bridgehead atoms. The van der Waals surface area contributed by atoms with Crippen LogP contribution in [0, 0.1) is 0 Å². The summed E-state index contributed by atoms with van der Waals surface area (Å²) in [5.74, 6) is -0.158. The fourth-order valence-electron chi connectivity index (χ4n) is 0.760. The Hall–Kier alpha value is -0.420. The first-order valence-corrected chi connectivity index (χ1v) is 5.82. The molecule has 0 aliphatic heterocycles. The molecule has 0 saturated carbocycles. The lowest BCUT2D eigenvalue weighted by atomic mass is 10.1. The highest BCUT2D eigenvalue weighted by molar-refractivity contribution is 7.90. The van der Waals surface area contributed by atoms with Crippen LogP contribution < -0.4 is 5.73 Å². The van der Waals surface area contributed by atoms with E-state index in [1.807, 2.05) is 0 Å². The number of hydrogen-bond acceptors (Lipinski definition) is 4. The normalized spacial score (nSPS) is 14.2. The first-order valence-electron chi connectivity index (χ1n) is 3.76. The van der Waals surface area contributed by atoms with Gasteiger partial charge >= 0.3 is 0 Å². The van der Waals surface area contributed by atoms with Gasteiger partial charge in [0.2, 0.25) is 0 Å². The van der Waals surface area contributed by atoms with E-state index >= 15 is 0 Å². The monoisotopic (exact) mass is 193 g/mol. The third kappa shape index (κ3) is 7.68. The van der Waals surface area contributed by atoms with Gasteiger partial charge in [0.05, 0.1) is 5.75 Å². The summed E-state index contributed by atoms with van der Waals surface area (Å²) in [6.07, 6.45) is 1.46. The van der Waals surface area contributed by atoms with Crippen molar-refractivity contribution in [2.24, 2.45) is 5.73 Å². The fourth-order valence-corrected chi connectivity index (χ4v) is 1.36. The Morgan fingerprint density at radius 3 is 2.33 bits per heavy atom. The van der Waals surface area contributed by atoms with Gasteiger partial charge in [0.25, 0.3) is 0 Å². The van der Waals surface area contributed by atoms with Crippen LogP contribution in [0.4, 0.5) is 0 Å². The van der Waals surface area contributed by atoms with Gasteiger partial charge in [0.15, 0.2) is 0 Å². The third-order valence-corrected chi connectivity index (χ3v) is 2.25. The Bertz CT molecular complexity index is 243. The molecule has 0 aliphatic carbocycles. The molecule has 1 unspecified atom stereocenters. The highest BCUT2D eigenvalue weighted by Crippen LogP contribution is 1.96. The summed E-state index contributed by atoms with van der Waals surface area (Å²) in [6.45, 7) is 1.72. The highest BCUT2D eigenvalue weighted by atomic mass is 32.2. The summed E-state index contributed by atoms with van der Waals surface area (Å²) >= 11 is 0. The number of sulfone groups is 1. The standard InChI is InChI=1S/C7H15NO3S/c1-6(8)5-7(9)3-4-12(2,10)11/h6H,3-5,8H2,1-2H3. The first kappa shape index (κ1) is 11.6. The molecule has 0 aromatic carbocycles. The topological polar surface area (TPSA) is 77.2 Å². The van der Waals surface area contributed by atoms with Crippen LogP contribution in [0.5, 0.6) is 0 Å². The summed E-state index contributed by atoms with van der Waals surface area (Å²) in [6, 6.07) is -0.183. The van der Waals surface area contributed by atoms with Crippen LogP contribution in [0.1, 0.15) is 19.8 Å². The number of hydrogen-bond donors (Lipinski definition) is 1. The molecule has 5 heteroatoms. The van der Waals surface area contributed by atoms with Crippen molar-refractivity contribution in [1.29, 1.82) is 0 Å². The number of Topliss-reactive ketones (excluding diaryl/α,β-unsaturated/α-hetero) is 1. The minimum absolute atomic E-state index is 0.0709. The fraction of sp³-hybridized carbons (Fsp3) is 0.857. The largest absolute Gasteiger partial charge is 0.328 e. The first-order chi connectivity index (χ1) is 5.31. The third-order valence-electron chi connectivity index (χ3n) is 1.30. The van der Waals surface area contributed by atoms with Crippen LogP contribution in [0.3, 0.4) is 0 Å². The zero-order chi connectivity index (χ0) is 9.78. The second-order valence-electron chi connectivity index (χ2n) is 3.10. The average Bonchev–Trinajstić information content (AvgIpc) is 1.80. The number of ketones is 1. The lowest BCUT2D eigenvalue weighted by molar-refractivity contribution is -0.118. The maximum atomic E-state index is 11.0. The van der Waals surface area contributed by atoms with Crippen molar-refractivity contribution in [3.63, 3.8) is 0 Å². The van der Waals surface area contributed by atoms with E-state index in [9.17, 15) is 13.2 Å². The lowest BCUT2D eigenvalue weighted by Gasteiger charge is -2.02. The van der Waals surface area contributed by atoms with E-state index in [4.69, 9.17) is 5.73 Å². The van der Waals surface area contributed by atoms with Crippen molar-refractivity contribution in [2.75, 3.05) is 12.0 Å². The lowest BCUT2D eigenvalue weighted by Crippen LogP contribution is -2.21. The van der Waals surface area contributed by atoms with Crippen molar-refractivity contribution in [3.8, 4) is 0 Å². The molecule has 1 atom stereocenters. The summed E-state index contributed by atoms with van der Waals surface area (Å²) in [4.78, 5) is 11.0. The van der Waals surface area contributed by atoms with Gasteiger partial charge in [-0.25, -0.2) is 8.42 Å². The molecule has 0 aliphatic rings. The molecule has 0 fully saturated rings. The Morgan fingerprint density at radius 1 is 1.50 bits per heavy atom. The Labute approximate surface area is 73.1 Å². The smallest absolute Gasteiger partial charge is 0.147 e. The van der Waals surface area contributed by atoms with E-state index in [1.165, 1.54) is 0 Å². The molecule has 0 saturated heterocycles. The van der Waals surface area contributed by atoms with E-state index in [1.54, 1.807) is 6.92 Å². The molecular weight excluding hydrogens is 178 g/mol. The maximum absolute atomic E-state index is 11.0. The molecule has 0 amide bonds. The molecule has 0 aromatic heterocycles. The summed E-state index contributed by atoms with van der Waals surface area (Å²) in [5, 5.41) is 0. The predicted octanol–water partition coefficient (Wildman–Crippen LogP) is -0.272. The van der Waals surface area contributed by atoms with Crippen LogP contribution in [0.2, 0.25) is 0 Å². The van der Waals surface area contributed by atoms with Crippen molar-refractivity contribution >= 4 is 15.6 Å². The number of carbonyl (C=O) groups excluding carboxylic acids is 1. The average molecular weight is 193 g/mol. The SMILES string of the molecule is CC(N)CC(=O)CCS(C)(=O)=O. The van der Waals surface area contributed by atoms with Crippen LogP contribution in [-0.4, -0.2) is 32.3 Å². The molecule has 0 radical (unpaired) electrons. The van der Waals surface area contributed by atoms with Crippen LogP contribution in [-0.2, 0) is 14.6 Å². The molecular formula is C7H15NO3S. The zero-order valence-electron chi connectivity index (χ0n) is 7.41. The Kier molecular flexibility index (Phi) is 4.41. The van der Waals surface area contributed by atoms with Gasteiger partial charge < -0.3 is 5.73 Å². The van der Waals surface area contributed by atoms with Crippen LogP contribution >= 0.6 is 0 Å². The van der Waals surface area contributed by atoms with Crippen LogP contribution in [0.15, 0.2) is 0 Å². The molecule has 72 valence electrons. The van der Waals surface area contributed by atoms with Crippen molar-refractivity contribution < 1.29 is 13.2 Å². The minimum Gasteiger partial charge on any atom is -0.328 e. The molecule has 0 aromatic rings. The number of rotatable bonds is 5. The van der Waals surface area contributed by atoms with E-state index in [0.29, 0.717) is 0 Å². The second kappa shape index (κ2) is 4.57. The minimum atomic E-state index is -3.02.